The van der Waals surface area contributed by atoms with Crippen molar-refractivity contribution in [3.63, 3.8) is 0 Å². The molecule has 0 bridgehead atoms. The predicted octanol–water partition coefficient (Wildman–Crippen LogP) is 5.63. The van der Waals surface area contributed by atoms with Crippen LogP contribution in [0.15, 0.2) is 48.5 Å². The lowest BCUT2D eigenvalue weighted by molar-refractivity contribution is 0.151. The van der Waals surface area contributed by atoms with E-state index in [2.05, 4.69) is 31.2 Å². The topological polar surface area (TPSA) is 0 Å². The smallest absolute Gasteiger partial charge is 0.205 e. The van der Waals surface area contributed by atoms with Crippen LogP contribution in [0.4, 0.5) is 8.78 Å². The third-order valence-electron chi connectivity index (χ3n) is 3.27. The van der Waals surface area contributed by atoms with E-state index in [0.717, 1.165) is 17.5 Å². The fourth-order valence-electron chi connectivity index (χ4n) is 2.07. The minimum Gasteiger partial charge on any atom is -0.205 e. The lowest BCUT2D eigenvalue weighted by Gasteiger charge is -2.05. The fourth-order valence-corrected chi connectivity index (χ4v) is 2.07. The molecule has 0 radical (unpaired) electrons. The Bertz CT molecular complexity index is 498. The van der Waals surface area contributed by atoms with Crippen molar-refractivity contribution in [2.75, 3.05) is 0 Å². The van der Waals surface area contributed by atoms with E-state index in [4.69, 9.17) is 0 Å². The molecule has 0 heterocycles. The Morgan fingerprint density at radius 2 is 1.37 bits per heavy atom. The number of aryl methyl sites for hydroxylation is 1. The first-order valence-electron chi connectivity index (χ1n) is 6.68. The van der Waals surface area contributed by atoms with E-state index in [1.165, 1.54) is 30.5 Å². The molecular weight excluding hydrogens is 242 g/mol. The molecule has 2 heteroatoms. The highest BCUT2D eigenvalue weighted by Gasteiger charge is 2.06. The van der Waals surface area contributed by atoms with Crippen LogP contribution in [-0.2, 0) is 6.42 Å². The Labute approximate surface area is 113 Å². The first-order valence-corrected chi connectivity index (χ1v) is 6.68. The van der Waals surface area contributed by atoms with Gasteiger partial charge >= 0.3 is 0 Å². The van der Waals surface area contributed by atoms with Crippen molar-refractivity contribution in [1.82, 2.24) is 0 Å². The molecule has 0 spiro atoms. The summed E-state index contributed by atoms with van der Waals surface area (Å²) in [6.07, 6.45) is 1.09. The maximum absolute atomic E-state index is 12.5. The van der Waals surface area contributed by atoms with Crippen LogP contribution in [0, 0.1) is 0 Å². The molecule has 0 aromatic heterocycles. The van der Waals surface area contributed by atoms with Crippen LogP contribution in [-0.4, -0.2) is 0 Å². The van der Waals surface area contributed by atoms with E-state index >= 15 is 0 Å². The Kier molecular flexibility index (Phi) is 4.67. The molecule has 0 fully saturated rings. The molecule has 0 aliphatic carbocycles. The zero-order valence-electron chi connectivity index (χ0n) is 11.1. The molecule has 0 nitrogen and oxygen atoms in total. The van der Waals surface area contributed by atoms with Gasteiger partial charge in [-0.25, -0.2) is 8.78 Å². The molecule has 2 aromatic rings. The van der Waals surface area contributed by atoms with E-state index in [0.29, 0.717) is 0 Å². The summed E-state index contributed by atoms with van der Waals surface area (Å²) in [5.74, 6) is 0. The van der Waals surface area contributed by atoms with Crippen LogP contribution in [0.5, 0.6) is 0 Å². The lowest BCUT2D eigenvalue weighted by atomic mass is 10.0. The van der Waals surface area contributed by atoms with Gasteiger partial charge in [-0.2, -0.15) is 0 Å². The van der Waals surface area contributed by atoms with Gasteiger partial charge in [-0.15, -0.1) is 0 Å². The Hall–Kier alpha value is -1.70. The molecule has 0 saturated carbocycles. The maximum atomic E-state index is 12.5. The van der Waals surface area contributed by atoms with Crippen molar-refractivity contribution in [3.05, 3.63) is 59.7 Å². The van der Waals surface area contributed by atoms with E-state index in [1.807, 2.05) is 0 Å². The van der Waals surface area contributed by atoms with Crippen LogP contribution in [0.2, 0.25) is 0 Å². The van der Waals surface area contributed by atoms with Crippen molar-refractivity contribution >= 4 is 0 Å². The minimum absolute atomic E-state index is 0.0725. The van der Waals surface area contributed by atoms with Crippen LogP contribution >= 0.6 is 0 Å². The Balaban J connectivity index is 2.13. The zero-order valence-corrected chi connectivity index (χ0v) is 11.1. The average molecular weight is 260 g/mol. The number of alkyl halides is 2. The summed E-state index contributed by atoms with van der Waals surface area (Å²) in [5, 5.41) is 0. The largest absolute Gasteiger partial charge is 0.263 e. The molecule has 0 aliphatic heterocycles. The second kappa shape index (κ2) is 6.46. The van der Waals surface area contributed by atoms with Crippen molar-refractivity contribution in [2.24, 2.45) is 0 Å². The van der Waals surface area contributed by atoms with Crippen molar-refractivity contribution < 1.29 is 8.78 Å². The third-order valence-corrected chi connectivity index (χ3v) is 3.27. The van der Waals surface area contributed by atoms with E-state index < -0.39 is 6.43 Å². The first-order chi connectivity index (χ1) is 9.20. The van der Waals surface area contributed by atoms with Gasteiger partial charge in [0, 0.05) is 5.56 Å². The molecule has 19 heavy (non-hydrogen) atoms. The molecule has 0 amide bonds. The fraction of sp³-hybridized carbons (Fsp3) is 0.294. The first kappa shape index (κ1) is 13.7. The van der Waals surface area contributed by atoms with Gasteiger partial charge in [0.1, 0.15) is 0 Å². The number of benzene rings is 2. The Morgan fingerprint density at radius 3 is 1.84 bits per heavy atom. The van der Waals surface area contributed by atoms with Crippen LogP contribution in [0.25, 0.3) is 11.1 Å². The summed E-state index contributed by atoms with van der Waals surface area (Å²) in [5.41, 5.74) is 3.45. The number of hydrogen-bond acceptors (Lipinski definition) is 0. The second-order valence-corrected chi connectivity index (χ2v) is 4.72. The predicted molar refractivity (Wildman–Crippen MR) is 75.4 cm³/mol. The normalized spacial score (nSPS) is 10.9. The van der Waals surface area contributed by atoms with Gasteiger partial charge in [-0.3, -0.25) is 0 Å². The monoisotopic (exact) mass is 260 g/mol. The number of halogens is 2. The van der Waals surface area contributed by atoms with Gasteiger partial charge in [0.25, 0.3) is 6.43 Å². The minimum atomic E-state index is -2.40. The number of hydrogen-bond donors (Lipinski definition) is 0. The van der Waals surface area contributed by atoms with Gasteiger partial charge in [0.15, 0.2) is 0 Å². The summed E-state index contributed by atoms with van der Waals surface area (Å²) in [7, 11) is 0. The number of rotatable bonds is 5. The molecule has 0 atom stereocenters. The van der Waals surface area contributed by atoms with Crippen molar-refractivity contribution in [2.45, 2.75) is 32.6 Å². The van der Waals surface area contributed by atoms with Gasteiger partial charge in [0.2, 0.25) is 0 Å². The molecule has 0 unspecified atom stereocenters. The van der Waals surface area contributed by atoms with Gasteiger partial charge in [-0.05, 0) is 29.5 Å². The summed E-state index contributed by atoms with van der Waals surface area (Å²) in [6, 6.07) is 14.8. The van der Waals surface area contributed by atoms with Crippen LogP contribution in [0.1, 0.15) is 37.3 Å². The van der Waals surface area contributed by atoms with Crippen molar-refractivity contribution in [3.8, 4) is 11.1 Å². The van der Waals surface area contributed by atoms with Gasteiger partial charge < -0.3 is 0 Å². The molecular formula is C17H18F2. The average Bonchev–Trinajstić information content (AvgIpc) is 2.46. The standard InChI is InChI=1S/C17H18F2/c1-2-3-4-13-5-7-14(8-6-13)15-9-11-16(12-10-15)17(18)19/h5-12,17H,2-4H2,1H3. The van der Waals surface area contributed by atoms with Crippen molar-refractivity contribution in [1.29, 1.82) is 0 Å². The molecule has 0 aliphatic rings. The lowest BCUT2D eigenvalue weighted by Crippen LogP contribution is -1.86. The highest BCUT2D eigenvalue weighted by molar-refractivity contribution is 5.64. The highest BCUT2D eigenvalue weighted by Crippen LogP contribution is 2.24. The van der Waals surface area contributed by atoms with Gasteiger partial charge in [0.05, 0.1) is 0 Å². The molecule has 2 rings (SSSR count). The van der Waals surface area contributed by atoms with E-state index in [-0.39, 0.29) is 5.56 Å². The molecule has 0 saturated heterocycles. The van der Waals surface area contributed by atoms with Gasteiger partial charge in [-0.1, -0.05) is 61.9 Å². The summed E-state index contributed by atoms with van der Waals surface area (Å²) >= 11 is 0. The molecule has 100 valence electrons. The molecule has 0 N–H and O–H groups in total. The number of unbranched alkanes of at least 4 members (excludes halogenated alkanes) is 1. The van der Waals surface area contributed by atoms with E-state index in [1.54, 1.807) is 12.1 Å². The summed E-state index contributed by atoms with van der Waals surface area (Å²) < 4.78 is 24.9. The maximum Gasteiger partial charge on any atom is 0.263 e. The SMILES string of the molecule is CCCCc1ccc(-c2ccc(C(F)F)cc2)cc1. The highest BCUT2D eigenvalue weighted by atomic mass is 19.3. The van der Waals surface area contributed by atoms with Crippen LogP contribution in [0.3, 0.4) is 0 Å². The second-order valence-electron chi connectivity index (χ2n) is 4.72. The zero-order chi connectivity index (χ0) is 13.7. The molecule has 2 aromatic carbocycles. The summed E-state index contributed by atoms with van der Waals surface area (Å²) in [6.45, 7) is 2.18. The quantitative estimate of drug-likeness (QED) is 0.653. The Morgan fingerprint density at radius 1 is 0.842 bits per heavy atom. The van der Waals surface area contributed by atoms with Crippen LogP contribution < -0.4 is 0 Å². The summed E-state index contributed by atoms with van der Waals surface area (Å²) in [4.78, 5) is 0. The third kappa shape index (κ3) is 3.63. The van der Waals surface area contributed by atoms with E-state index in [9.17, 15) is 8.78 Å².